The molecule has 6 heterocycles. The molecule has 3 aromatic heterocycles. The number of imidazole rings is 1. The first-order chi connectivity index (χ1) is 25.1. The van der Waals surface area contributed by atoms with Gasteiger partial charge in [0.15, 0.2) is 23.8 Å². The normalized spacial score (nSPS) is 29.4. The Bertz CT molecular complexity index is 1930. The van der Waals surface area contributed by atoms with Crippen molar-refractivity contribution >= 4 is 56.2 Å². The smallest absolute Gasteiger partial charge is 0.455 e. The molecular weight excluding hydrogens is 770 g/mol. The topological polar surface area (TPSA) is 356 Å². The molecule has 0 amide bonds. The SMILES string of the molecule is Nc1ccn([C@H]2C[C@H](OP(=O)(O)OC[C@@H]3OC(n4cnc5c(N)ncnc54)[C@H](O)[C@@H]3OC(=O)[C@H](N)CC[C@H]3CNCS3)[C@@H](COP(=O)(O)O)O2)c(=O)n1. The second kappa shape index (κ2) is 16.3. The predicted octanol–water partition coefficient (Wildman–Crippen LogP) is -1.91. The number of fused-ring (bicyclic) bond motifs is 1. The fraction of sp³-hybridized carbons (Fsp3) is 0.615. The number of aliphatic hydroxyl groups excluding tert-OH is 1. The Balaban J connectivity index is 1.17. The van der Waals surface area contributed by atoms with Crippen molar-refractivity contribution in [3.63, 3.8) is 0 Å². The van der Waals surface area contributed by atoms with E-state index >= 15 is 0 Å². The molecule has 0 spiro atoms. The van der Waals surface area contributed by atoms with Crippen LogP contribution in [0.15, 0.2) is 29.7 Å². The number of thioether (sulfide) groups is 1. The molecule has 24 nitrogen and oxygen atoms in total. The van der Waals surface area contributed by atoms with Crippen molar-refractivity contribution in [2.75, 3.05) is 37.1 Å². The molecular formula is C26H38N10O14P2S. The number of hydrogen-bond acceptors (Lipinski definition) is 20. The number of carbonyl (C=O) groups is 1. The van der Waals surface area contributed by atoms with Gasteiger partial charge in [-0.3, -0.25) is 27.5 Å². The van der Waals surface area contributed by atoms with Crippen molar-refractivity contribution < 1.29 is 61.5 Å². The van der Waals surface area contributed by atoms with E-state index in [9.17, 15) is 38.5 Å². The number of esters is 1. The number of aromatic nitrogens is 6. The highest BCUT2D eigenvalue weighted by molar-refractivity contribution is 8.00. The highest BCUT2D eigenvalue weighted by atomic mass is 32.2. The molecule has 53 heavy (non-hydrogen) atoms. The number of anilines is 2. The molecule has 0 aliphatic carbocycles. The number of nitrogen functional groups attached to an aromatic ring is 2. The first-order valence-electron chi connectivity index (χ1n) is 16.0. The number of nitrogens with zero attached hydrogens (tertiary/aromatic N) is 6. The molecule has 0 saturated carbocycles. The zero-order valence-corrected chi connectivity index (χ0v) is 30.1. The van der Waals surface area contributed by atoms with Gasteiger partial charge < -0.3 is 56.5 Å². The fourth-order valence-corrected chi connectivity index (χ4v) is 8.26. The number of rotatable bonds is 15. The molecule has 3 fully saturated rings. The van der Waals surface area contributed by atoms with Crippen LogP contribution in [0.5, 0.6) is 0 Å². The summed E-state index contributed by atoms with van der Waals surface area (Å²) < 4.78 is 59.5. The average Bonchev–Trinajstić information content (AvgIpc) is 3.89. The van der Waals surface area contributed by atoms with Crippen molar-refractivity contribution in [1.82, 2.24) is 34.4 Å². The van der Waals surface area contributed by atoms with Gasteiger partial charge in [0, 0.05) is 30.3 Å². The fourth-order valence-electron chi connectivity index (χ4n) is 5.95. The van der Waals surface area contributed by atoms with Crippen molar-refractivity contribution in [3.8, 4) is 0 Å². The standard InChI is InChI=1S/C26H38N10O14P2S/c27-13(2-1-12-6-30-11-53-12)25(38)49-21-16(48-24(20(21)37)36-10-33-19-22(29)31-9-32-23(19)36)8-46-52(43,44)50-14-5-18(35-4-3-17(28)34-26(35)39)47-15(14)7-45-51(40,41)42/h3-4,9-10,12-16,18,20-21,24,30,37H,1-2,5-8,11,27H2,(H,43,44)(H2,28,34,39)(H2,29,31,32)(H2,40,41,42)/t12-,13+,14-,15+,16-,18+,20+,21+,24?/m0/s1. The van der Waals surface area contributed by atoms with Crippen LogP contribution in [-0.4, -0.2) is 122 Å². The monoisotopic (exact) mass is 808 g/mol. The highest BCUT2D eigenvalue weighted by Crippen LogP contribution is 2.50. The van der Waals surface area contributed by atoms with Crippen LogP contribution in [0.4, 0.5) is 11.6 Å². The van der Waals surface area contributed by atoms with Gasteiger partial charge in [0.25, 0.3) is 0 Å². The summed E-state index contributed by atoms with van der Waals surface area (Å²) in [4.78, 5) is 70.6. The van der Waals surface area contributed by atoms with E-state index in [1.165, 1.54) is 29.5 Å². The molecule has 3 saturated heterocycles. The number of hydrogen-bond donors (Lipinski definition) is 8. The summed E-state index contributed by atoms with van der Waals surface area (Å²) >= 11 is 1.70. The number of ether oxygens (including phenoxy) is 3. The molecule has 11 N–H and O–H groups in total. The van der Waals surface area contributed by atoms with Crippen molar-refractivity contribution in [2.24, 2.45) is 5.73 Å². The maximum Gasteiger partial charge on any atom is 0.472 e. The molecule has 0 aromatic carbocycles. The predicted molar refractivity (Wildman–Crippen MR) is 181 cm³/mol. The van der Waals surface area contributed by atoms with Crippen LogP contribution >= 0.6 is 27.4 Å². The molecule has 292 valence electrons. The van der Waals surface area contributed by atoms with Gasteiger partial charge in [-0.05, 0) is 18.9 Å². The molecule has 3 aliphatic heterocycles. The summed E-state index contributed by atoms with van der Waals surface area (Å²) in [6.45, 7) is -0.852. The molecule has 0 radical (unpaired) electrons. The number of carbonyl (C=O) groups excluding carboxylic acids is 1. The summed E-state index contributed by atoms with van der Waals surface area (Å²) in [5.74, 6) is -0.116. The van der Waals surface area contributed by atoms with Gasteiger partial charge in [-0.2, -0.15) is 4.98 Å². The van der Waals surface area contributed by atoms with Gasteiger partial charge in [-0.1, -0.05) is 0 Å². The van der Waals surface area contributed by atoms with E-state index in [2.05, 4.69) is 29.8 Å². The van der Waals surface area contributed by atoms with Gasteiger partial charge >= 0.3 is 27.3 Å². The number of phosphoric ester groups is 2. The van der Waals surface area contributed by atoms with Crippen LogP contribution in [0.1, 0.15) is 31.7 Å². The van der Waals surface area contributed by atoms with Crippen LogP contribution in [0.2, 0.25) is 0 Å². The van der Waals surface area contributed by atoms with Crippen LogP contribution in [0, 0.1) is 0 Å². The van der Waals surface area contributed by atoms with Gasteiger partial charge in [-0.15, -0.1) is 11.8 Å². The molecule has 0 bridgehead atoms. The Morgan fingerprint density at radius 2 is 1.89 bits per heavy atom. The maximum atomic E-state index is 13.3. The van der Waals surface area contributed by atoms with Crippen LogP contribution in [0.25, 0.3) is 11.2 Å². The third kappa shape index (κ3) is 9.58. The lowest BCUT2D eigenvalue weighted by Crippen LogP contribution is -2.43. The zero-order chi connectivity index (χ0) is 38.1. The lowest BCUT2D eigenvalue weighted by Gasteiger charge is -2.24. The van der Waals surface area contributed by atoms with Gasteiger partial charge in [0.2, 0.25) is 0 Å². The van der Waals surface area contributed by atoms with Crippen molar-refractivity contribution in [3.05, 3.63) is 35.4 Å². The minimum absolute atomic E-state index is 0.0456. The summed E-state index contributed by atoms with van der Waals surface area (Å²) in [5, 5.41) is 14.9. The lowest BCUT2D eigenvalue weighted by atomic mass is 10.1. The molecule has 27 heteroatoms. The number of aliphatic hydroxyl groups is 1. The Morgan fingerprint density at radius 3 is 2.60 bits per heavy atom. The first kappa shape index (κ1) is 39.6. The minimum Gasteiger partial charge on any atom is -0.455 e. The first-order valence-corrected chi connectivity index (χ1v) is 20.1. The number of phosphoric acid groups is 2. The average molecular weight is 809 g/mol. The Morgan fingerprint density at radius 1 is 1.11 bits per heavy atom. The van der Waals surface area contributed by atoms with Crippen molar-refractivity contribution in [2.45, 2.75) is 73.5 Å². The maximum absolute atomic E-state index is 13.3. The molecule has 3 aromatic rings. The van der Waals surface area contributed by atoms with Gasteiger partial charge in [-0.25, -0.2) is 28.9 Å². The minimum atomic E-state index is -5.13. The second-order valence-electron chi connectivity index (χ2n) is 12.2. The van der Waals surface area contributed by atoms with Crippen LogP contribution in [0.3, 0.4) is 0 Å². The second-order valence-corrected chi connectivity index (χ2v) is 16.1. The summed E-state index contributed by atoms with van der Waals surface area (Å²) in [6.07, 6.45) is -5.55. The molecule has 3 aliphatic rings. The van der Waals surface area contributed by atoms with Gasteiger partial charge in [0.05, 0.1) is 19.5 Å². The van der Waals surface area contributed by atoms with Crippen LogP contribution in [-0.2, 0) is 41.7 Å². The third-order valence-electron chi connectivity index (χ3n) is 8.54. The van der Waals surface area contributed by atoms with E-state index in [-0.39, 0.29) is 40.9 Å². The summed E-state index contributed by atoms with van der Waals surface area (Å²) in [7, 11) is -10.2. The van der Waals surface area contributed by atoms with E-state index in [0.29, 0.717) is 6.42 Å². The van der Waals surface area contributed by atoms with E-state index in [1.807, 2.05) is 0 Å². The number of nitrogens with two attached hydrogens (primary N) is 3. The van der Waals surface area contributed by atoms with Gasteiger partial charge in [0.1, 0.15) is 54.3 Å². The quantitative estimate of drug-likeness (QED) is 0.0613. The highest BCUT2D eigenvalue weighted by Gasteiger charge is 2.50. The Hall–Kier alpha value is -3.13. The Kier molecular flexibility index (Phi) is 12.2. The molecule has 2 unspecified atom stereocenters. The molecule has 10 atom stereocenters. The zero-order valence-electron chi connectivity index (χ0n) is 27.5. The molecule has 6 rings (SSSR count). The summed E-state index contributed by atoms with van der Waals surface area (Å²) in [6, 6.07) is 0.226. The van der Waals surface area contributed by atoms with E-state index in [1.54, 1.807) is 11.8 Å². The third-order valence-corrected chi connectivity index (χ3v) is 11.3. The van der Waals surface area contributed by atoms with E-state index in [0.717, 1.165) is 17.0 Å². The lowest BCUT2D eigenvalue weighted by molar-refractivity contribution is -0.158. The summed E-state index contributed by atoms with van der Waals surface area (Å²) in [5.41, 5.74) is 17.1. The van der Waals surface area contributed by atoms with E-state index in [4.69, 9.17) is 40.5 Å². The largest absolute Gasteiger partial charge is 0.472 e. The van der Waals surface area contributed by atoms with Crippen molar-refractivity contribution in [1.29, 1.82) is 0 Å². The van der Waals surface area contributed by atoms with Crippen LogP contribution < -0.4 is 28.2 Å². The van der Waals surface area contributed by atoms with E-state index < -0.39 is 89.5 Å². The number of nitrogens with one attached hydrogen (secondary N) is 1. The Labute approximate surface area is 303 Å².